The van der Waals surface area contributed by atoms with Gasteiger partial charge in [0, 0.05) is 6.54 Å². The van der Waals surface area contributed by atoms with Crippen LogP contribution in [0, 0.1) is 0 Å². The van der Waals surface area contributed by atoms with Crippen molar-refractivity contribution in [2.75, 3.05) is 20.3 Å². The van der Waals surface area contributed by atoms with Crippen molar-refractivity contribution in [3.8, 4) is 0 Å². The summed E-state index contributed by atoms with van der Waals surface area (Å²) in [6.07, 6.45) is 2.73. The fraction of sp³-hybridized carbons (Fsp3) is 0.364. The van der Waals surface area contributed by atoms with Gasteiger partial charge in [-0.1, -0.05) is 6.07 Å². The topological polar surface area (TPSA) is 70.0 Å². The second-order valence-corrected chi connectivity index (χ2v) is 3.95. The first kappa shape index (κ1) is 11.1. The lowest BCUT2D eigenvalue weighted by molar-refractivity contribution is 0.313. The lowest BCUT2D eigenvalue weighted by Crippen LogP contribution is -2.36. The highest BCUT2D eigenvalue weighted by molar-refractivity contribution is 5.74. The first-order valence-electron chi connectivity index (χ1n) is 5.33. The maximum atomic E-state index is 5.25. The summed E-state index contributed by atoms with van der Waals surface area (Å²) < 4.78 is 0. The summed E-state index contributed by atoms with van der Waals surface area (Å²) in [6.45, 7) is 1.68. The van der Waals surface area contributed by atoms with Gasteiger partial charge in [-0.3, -0.25) is 10.7 Å². The molecule has 1 aromatic carbocycles. The van der Waals surface area contributed by atoms with Gasteiger partial charge in [-0.2, -0.15) is 0 Å². The van der Waals surface area contributed by atoms with Crippen LogP contribution in [0.4, 0.5) is 0 Å². The highest BCUT2D eigenvalue weighted by Crippen LogP contribution is 2.12. The number of hydrogen-bond acceptors (Lipinski definition) is 4. The summed E-state index contributed by atoms with van der Waals surface area (Å²) in [7, 11) is 2.04. The van der Waals surface area contributed by atoms with Crippen molar-refractivity contribution >= 4 is 11.0 Å². The average molecular weight is 219 g/mol. The zero-order valence-electron chi connectivity index (χ0n) is 9.40. The van der Waals surface area contributed by atoms with Crippen LogP contribution in [0.2, 0.25) is 0 Å². The third-order valence-electron chi connectivity index (χ3n) is 2.63. The van der Waals surface area contributed by atoms with Crippen LogP contribution >= 0.6 is 0 Å². The number of aromatic nitrogens is 2. The molecule has 0 saturated carbocycles. The van der Waals surface area contributed by atoms with Gasteiger partial charge in [0.2, 0.25) is 0 Å². The molecule has 16 heavy (non-hydrogen) atoms. The zero-order chi connectivity index (χ0) is 11.4. The molecule has 1 aromatic heterocycles. The van der Waals surface area contributed by atoms with Crippen LogP contribution in [0.15, 0.2) is 24.5 Å². The third-order valence-corrected chi connectivity index (χ3v) is 2.63. The minimum Gasteiger partial charge on any atom is -0.345 e. The molecule has 1 heterocycles. The van der Waals surface area contributed by atoms with E-state index in [4.69, 9.17) is 5.84 Å². The molecule has 0 bridgehead atoms. The minimum atomic E-state index is 0.701. The Kier molecular flexibility index (Phi) is 3.51. The van der Waals surface area contributed by atoms with Crippen LogP contribution in [-0.2, 0) is 6.42 Å². The summed E-state index contributed by atoms with van der Waals surface area (Å²) in [5.41, 5.74) is 6.05. The number of nitrogens with zero attached hydrogens (tertiary/aromatic N) is 2. The Balaban J connectivity index is 1.98. The van der Waals surface area contributed by atoms with E-state index in [9.17, 15) is 0 Å². The van der Waals surface area contributed by atoms with Crippen LogP contribution in [0.3, 0.4) is 0 Å². The first-order valence-corrected chi connectivity index (χ1v) is 5.33. The van der Waals surface area contributed by atoms with Gasteiger partial charge in [0.1, 0.15) is 0 Å². The monoisotopic (exact) mass is 219 g/mol. The SMILES string of the molecule is CN(CCc1ccc2nc[nH]c2c1)CNN. The molecule has 2 rings (SSSR count). The standard InChI is InChI=1S/C11H17N5/c1-16(8-15-12)5-4-9-2-3-10-11(6-9)14-7-13-10/h2-3,6-7,15H,4-5,8,12H2,1H3,(H,13,14). The van der Waals surface area contributed by atoms with Crippen LogP contribution in [0.1, 0.15) is 5.56 Å². The van der Waals surface area contributed by atoms with Gasteiger partial charge >= 0.3 is 0 Å². The summed E-state index contributed by atoms with van der Waals surface area (Å²) in [6, 6.07) is 6.31. The van der Waals surface area contributed by atoms with Crippen molar-refractivity contribution in [2.24, 2.45) is 5.84 Å². The molecule has 0 aliphatic rings. The molecule has 86 valence electrons. The van der Waals surface area contributed by atoms with E-state index in [1.807, 2.05) is 13.1 Å². The van der Waals surface area contributed by atoms with E-state index in [1.54, 1.807) is 6.33 Å². The predicted molar refractivity (Wildman–Crippen MR) is 64.6 cm³/mol. The summed E-state index contributed by atoms with van der Waals surface area (Å²) in [4.78, 5) is 9.44. The van der Waals surface area contributed by atoms with Gasteiger partial charge in [0.05, 0.1) is 24.0 Å². The second-order valence-electron chi connectivity index (χ2n) is 3.95. The van der Waals surface area contributed by atoms with Crippen molar-refractivity contribution < 1.29 is 0 Å². The molecular weight excluding hydrogens is 202 g/mol. The van der Waals surface area contributed by atoms with Crippen LogP contribution in [-0.4, -0.2) is 35.1 Å². The van der Waals surface area contributed by atoms with Gasteiger partial charge < -0.3 is 4.98 Å². The maximum absolute atomic E-state index is 5.25. The second kappa shape index (κ2) is 5.07. The lowest BCUT2D eigenvalue weighted by atomic mass is 10.1. The van der Waals surface area contributed by atoms with Crippen LogP contribution < -0.4 is 11.3 Å². The molecular formula is C11H17N5. The number of hydrogen-bond donors (Lipinski definition) is 3. The number of hydrazine groups is 1. The van der Waals surface area contributed by atoms with Crippen molar-refractivity contribution in [3.63, 3.8) is 0 Å². The van der Waals surface area contributed by atoms with Crippen LogP contribution in [0.25, 0.3) is 11.0 Å². The fourth-order valence-electron chi connectivity index (χ4n) is 1.69. The Bertz CT molecular complexity index is 450. The molecule has 0 radical (unpaired) electrons. The zero-order valence-corrected chi connectivity index (χ0v) is 9.40. The highest BCUT2D eigenvalue weighted by Gasteiger charge is 2.00. The van der Waals surface area contributed by atoms with E-state index in [1.165, 1.54) is 5.56 Å². The molecule has 5 heteroatoms. The predicted octanol–water partition coefficient (Wildman–Crippen LogP) is 0.458. The van der Waals surface area contributed by atoms with E-state index < -0.39 is 0 Å². The summed E-state index contributed by atoms with van der Waals surface area (Å²) in [5, 5.41) is 0. The normalized spacial score (nSPS) is 11.4. The van der Waals surface area contributed by atoms with Crippen molar-refractivity contribution in [2.45, 2.75) is 6.42 Å². The number of rotatable bonds is 5. The Morgan fingerprint density at radius 1 is 1.50 bits per heavy atom. The van der Waals surface area contributed by atoms with Crippen molar-refractivity contribution in [3.05, 3.63) is 30.1 Å². The quantitative estimate of drug-likeness (QED) is 0.388. The Morgan fingerprint density at radius 2 is 2.38 bits per heavy atom. The van der Waals surface area contributed by atoms with E-state index in [0.29, 0.717) is 6.67 Å². The van der Waals surface area contributed by atoms with E-state index in [2.05, 4.69) is 32.4 Å². The Labute approximate surface area is 94.6 Å². The molecule has 0 amide bonds. The van der Waals surface area contributed by atoms with Crippen molar-refractivity contribution in [1.29, 1.82) is 0 Å². The minimum absolute atomic E-state index is 0.701. The van der Waals surface area contributed by atoms with Gasteiger partial charge in [0.15, 0.2) is 0 Å². The number of nitrogens with one attached hydrogen (secondary N) is 2. The lowest BCUT2D eigenvalue weighted by Gasteiger charge is -2.15. The molecule has 0 saturated heterocycles. The van der Waals surface area contributed by atoms with E-state index in [-0.39, 0.29) is 0 Å². The molecule has 0 aliphatic carbocycles. The van der Waals surface area contributed by atoms with Crippen LogP contribution in [0.5, 0.6) is 0 Å². The first-order chi connectivity index (χ1) is 7.79. The summed E-state index contributed by atoms with van der Waals surface area (Å²) in [5.74, 6) is 5.25. The molecule has 0 fully saturated rings. The van der Waals surface area contributed by atoms with Gasteiger partial charge in [-0.15, -0.1) is 0 Å². The molecule has 4 N–H and O–H groups in total. The molecule has 0 spiro atoms. The van der Waals surface area contributed by atoms with E-state index >= 15 is 0 Å². The molecule has 0 atom stereocenters. The average Bonchev–Trinajstić information content (AvgIpc) is 2.74. The maximum Gasteiger partial charge on any atom is 0.0931 e. The molecule has 0 aliphatic heterocycles. The van der Waals surface area contributed by atoms with Gasteiger partial charge in [0.25, 0.3) is 0 Å². The molecule has 5 nitrogen and oxygen atoms in total. The summed E-state index contributed by atoms with van der Waals surface area (Å²) >= 11 is 0. The largest absolute Gasteiger partial charge is 0.345 e. The highest BCUT2D eigenvalue weighted by atomic mass is 15.3. The number of aromatic amines is 1. The third kappa shape index (κ3) is 2.57. The fourth-order valence-corrected chi connectivity index (χ4v) is 1.69. The number of H-pyrrole nitrogens is 1. The molecule has 0 unspecified atom stereocenters. The van der Waals surface area contributed by atoms with E-state index in [0.717, 1.165) is 24.0 Å². The number of imidazole rings is 1. The number of nitrogens with two attached hydrogens (primary N) is 1. The Morgan fingerprint density at radius 3 is 3.19 bits per heavy atom. The smallest absolute Gasteiger partial charge is 0.0931 e. The van der Waals surface area contributed by atoms with Gasteiger partial charge in [-0.25, -0.2) is 10.4 Å². The Hall–Kier alpha value is -1.43. The van der Waals surface area contributed by atoms with Gasteiger partial charge in [-0.05, 0) is 31.2 Å². The van der Waals surface area contributed by atoms with Crippen molar-refractivity contribution in [1.82, 2.24) is 20.3 Å². The number of likely N-dealkylation sites (N-methyl/N-ethyl adjacent to an activating group) is 1. The number of fused-ring (bicyclic) bond motifs is 1. The number of benzene rings is 1. The molecule has 2 aromatic rings.